The molecule has 3 amide bonds. The van der Waals surface area contributed by atoms with Crippen LogP contribution in [0.2, 0.25) is 5.02 Å². The van der Waals surface area contributed by atoms with Crippen molar-refractivity contribution in [2.45, 2.75) is 45.2 Å². The van der Waals surface area contributed by atoms with Crippen LogP contribution in [0.1, 0.15) is 41.8 Å². The minimum Gasteiger partial charge on any atom is -0.491 e. The Morgan fingerprint density at radius 3 is 2.84 bits per heavy atom. The van der Waals surface area contributed by atoms with Gasteiger partial charge in [0.1, 0.15) is 18.9 Å². The van der Waals surface area contributed by atoms with Crippen molar-refractivity contribution in [3.63, 3.8) is 0 Å². The number of nitrogens with one attached hydrogen (secondary N) is 1. The molecule has 1 aromatic heterocycles. The molecule has 1 N–H and O–H groups in total. The fourth-order valence-electron chi connectivity index (χ4n) is 4.00. The summed E-state index contributed by atoms with van der Waals surface area (Å²) in [5, 5.41) is 5.61. The molecule has 2 aromatic rings. The molecule has 1 saturated carbocycles. The molecule has 1 aliphatic carbocycles. The summed E-state index contributed by atoms with van der Waals surface area (Å²) in [6.07, 6.45) is 2.75. The number of carbonyl (C=O) groups excluding carboxylic acids is 2. The van der Waals surface area contributed by atoms with Gasteiger partial charge in [0.2, 0.25) is 5.91 Å². The lowest BCUT2D eigenvalue weighted by Gasteiger charge is -2.37. The van der Waals surface area contributed by atoms with Gasteiger partial charge in [-0.2, -0.15) is 0 Å². The lowest BCUT2D eigenvalue weighted by atomic mass is 10.0. The molecule has 1 aliphatic heterocycles. The number of ether oxygens (including phenoxy) is 1. The maximum Gasteiger partial charge on any atom is 0.318 e. The van der Waals surface area contributed by atoms with Crippen LogP contribution in [-0.4, -0.2) is 54.0 Å². The molecule has 6 nitrogen and oxygen atoms in total. The van der Waals surface area contributed by atoms with Crippen LogP contribution in [0.15, 0.2) is 29.6 Å². The Bertz CT molecular complexity index is 959. The SMILES string of the molecule is CCNC(=O)N(CC(=O)N1CCc2sccc2[C@H]1COc1ccc(Cl)c(C)c1)C1CC1. The van der Waals surface area contributed by atoms with Gasteiger partial charge in [0, 0.05) is 29.0 Å². The van der Waals surface area contributed by atoms with E-state index in [1.807, 2.05) is 36.9 Å². The molecule has 2 heterocycles. The average molecular weight is 462 g/mol. The highest BCUT2D eigenvalue weighted by atomic mass is 35.5. The summed E-state index contributed by atoms with van der Waals surface area (Å²) in [5.74, 6) is 0.703. The number of benzene rings is 1. The van der Waals surface area contributed by atoms with E-state index in [1.54, 1.807) is 16.2 Å². The zero-order valence-corrected chi connectivity index (χ0v) is 19.5. The second kappa shape index (κ2) is 9.49. The molecule has 166 valence electrons. The molecule has 0 bridgehead atoms. The Kier molecular flexibility index (Phi) is 6.72. The van der Waals surface area contributed by atoms with E-state index in [1.165, 1.54) is 4.88 Å². The van der Waals surface area contributed by atoms with Crippen LogP contribution in [0, 0.1) is 6.92 Å². The van der Waals surface area contributed by atoms with Crippen molar-refractivity contribution in [1.29, 1.82) is 0 Å². The van der Waals surface area contributed by atoms with E-state index in [-0.39, 0.29) is 30.6 Å². The molecule has 1 fully saturated rings. The van der Waals surface area contributed by atoms with Crippen LogP contribution in [0.4, 0.5) is 4.79 Å². The highest BCUT2D eigenvalue weighted by Crippen LogP contribution is 2.35. The summed E-state index contributed by atoms with van der Waals surface area (Å²) in [6.45, 7) is 5.48. The number of hydrogen-bond donors (Lipinski definition) is 1. The summed E-state index contributed by atoms with van der Waals surface area (Å²) in [6, 6.07) is 7.52. The molecule has 31 heavy (non-hydrogen) atoms. The Hall–Kier alpha value is -2.25. The van der Waals surface area contributed by atoms with Gasteiger partial charge in [0.05, 0.1) is 6.04 Å². The first-order valence-corrected chi connectivity index (χ1v) is 12.0. The molecule has 0 spiro atoms. The van der Waals surface area contributed by atoms with Gasteiger partial charge in [-0.15, -0.1) is 11.3 Å². The van der Waals surface area contributed by atoms with Crippen LogP contribution in [-0.2, 0) is 11.2 Å². The van der Waals surface area contributed by atoms with Gasteiger partial charge in [-0.3, -0.25) is 4.79 Å². The van der Waals surface area contributed by atoms with Gasteiger partial charge >= 0.3 is 6.03 Å². The number of carbonyl (C=O) groups is 2. The molecule has 0 saturated heterocycles. The number of fused-ring (bicyclic) bond motifs is 1. The monoisotopic (exact) mass is 461 g/mol. The first kappa shape index (κ1) is 22.0. The predicted octanol–water partition coefficient (Wildman–Crippen LogP) is 4.41. The number of amides is 3. The Balaban J connectivity index is 1.50. The first-order chi connectivity index (χ1) is 15.0. The highest BCUT2D eigenvalue weighted by Gasteiger charge is 2.37. The van der Waals surface area contributed by atoms with Crippen molar-refractivity contribution in [3.05, 3.63) is 50.7 Å². The van der Waals surface area contributed by atoms with Crippen molar-refractivity contribution < 1.29 is 14.3 Å². The summed E-state index contributed by atoms with van der Waals surface area (Å²) in [7, 11) is 0. The van der Waals surface area contributed by atoms with E-state index in [2.05, 4.69) is 16.8 Å². The lowest BCUT2D eigenvalue weighted by molar-refractivity contribution is -0.135. The minimum absolute atomic E-state index is 0.0316. The number of aryl methyl sites for hydroxylation is 1. The number of urea groups is 1. The van der Waals surface area contributed by atoms with Gasteiger partial charge in [-0.1, -0.05) is 11.6 Å². The van der Waals surface area contributed by atoms with Crippen molar-refractivity contribution in [1.82, 2.24) is 15.1 Å². The average Bonchev–Trinajstić information content (AvgIpc) is 3.48. The molecule has 2 aliphatic rings. The second-order valence-corrected chi connectivity index (χ2v) is 9.48. The maximum absolute atomic E-state index is 13.3. The molecule has 4 rings (SSSR count). The first-order valence-electron chi connectivity index (χ1n) is 10.8. The van der Waals surface area contributed by atoms with Crippen LogP contribution >= 0.6 is 22.9 Å². The van der Waals surface area contributed by atoms with Crippen molar-refractivity contribution in [3.8, 4) is 5.75 Å². The van der Waals surface area contributed by atoms with Crippen LogP contribution in [0.3, 0.4) is 0 Å². The van der Waals surface area contributed by atoms with Crippen LogP contribution in [0.5, 0.6) is 5.75 Å². The lowest BCUT2D eigenvalue weighted by Crippen LogP contribution is -2.50. The van der Waals surface area contributed by atoms with Crippen molar-refractivity contribution in [2.24, 2.45) is 0 Å². The zero-order valence-electron chi connectivity index (χ0n) is 17.9. The predicted molar refractivity (Wildman–Crippen MR) is 123 cm³/mol. The smallest absolute Gasteiger partial charge is 0.318 e. The minimum atomic E-state index is -0.172. The summed E-state index contributed by atoms with van der Waals surface area (Å²) >= 11 is 7.85. The Labute approximate surface area is 192 Å². The third-order valence-electron chi connectivity index (χ3n) is 5.83. The maximum atomic E-state index is 13.3. The van der Waals surface area contributed by atoms with E-state index >= 15 is 0 Å². The van der Waals surface area contributed by atoms with Crippen molar-refractivity contribution >= 4 is 34.9 Å². The van der Waals surface area contributed by atoms with Crippen LogP contribution < -0.4 is 10.1 Å². The fraction of sp³-hybridized carbons (Fsp3) is 0.478. The topological polar surface area (TPSA) is 61.9 Å². The van der Waals surface area contributed by atoms with Crippen molar-refractivity contribution in [2.75, 3.05) is 26.2 Å². The van der Waals surface area contributed by atoms with E-state index < -0.39 is 0 Å². The van der Waals surface area contributed by atoms with Gasteiger partial charge < -0.3 is 19.9 Å². The third kappa shape index (κ3) is 4.99. The van der Waals surface area contributed by atoms with Gasteiger partial charge in [-0.25, -0.2) is 4.79 Å². The normalized spacial score (nSPS) is 17.8. The van der Waals surface area contributed by atoms with E-state index in [0.29, 0.717) is 24.7 Å². The number of rotatable bonds is 7. The third-order valence-corrected chi connectivity index (χ3v) is 7.26. The summed E-state index contributed by atoms with van der Waals surface area (Å²) in [5.41, 5.74) is 2.10. The van der Waals surface area contributed by atoms with Crippen LogP contribution in [0.25, 0.3) is 0 Å². The molecule has 8 heteroatoms. The Morgan fingerprint density at radius 2 is 2.13 bits per heavy atom. The number of thiophene rings is 1. The van der Waals surface area contributed by atoms with E-state index in [0.717, 1.165) is 36.1 Å². The number of hydrogen-bond acceptors (Lipinski definition) is 4. The molecule has 0 radical (unpaired) electrons. The quantitative estimate of drug-likeness (QED) is 0.664. The highest BCUT2D eigenvalue weighted by molar-refractivity contribution is 7.10. The van der Waals surface area contributed by atoms with Gasteiger partial charge in [0.25, 0.3) is 0 Å². The molecule has 1 atom stereocenters. The van der Waals surface area contributed by atoms with Gasteiger partial charge in [-0.05, 0) is 73.9 Å². The van der Waals surface area contributed by atoms with Gasteiger partial charge in [0.15, 0.2) is 0 Å². The largest absolute Gasteiger partial charge is 0.491 e. The summed E-state index contributed by atoms with van der Waals surface area (Å²) < 4.78 is 6.10. The fourth-order valence-corrected chi connectivity index (χ4v) is 5.04. The number of nitrogens with zero attached hydrogens (tertiary/aromatic N) is 2. The molecule has 1 aromatic carbocycles. The van der Waals surface area contributed by atoms with E-state index in [4.69, 9.17) is 16.3 Å². The number of halogens is 1. The zero-order chi connectivity index (χ0) is 22.0. The van der Waals surface area contributed by atoms with E-state index in [9.17, 15) is 9.59 Å². The standard InChI is InChI=1S/C23H28ClN3O3S/c1-3-25-23(29)27(16-4-5-16)13-22(28)26-10-8-21-18(9-11-31-21)20(26)14-30-17-6-7-19(24)15(2)12-17/h6-7,9,11-12,16,20H,3-5,8,10,13-14H2,1-2H3,(H,25,29)/t20-/m1/s1. The second-order valence-electron chi connectivity index (χ2n) is 8.07. The molecule has 0 unspecified atom stereocenters. The molecular weight excluding hydrogens is 434 g/mol. The Morgan fingerprint density at radius 1 is 1.32 bits per heavy atom. The molecular formula is C23H28ClN3O3S. The summed E-state index contributed by atoms with van der Waals surface area (Å²) in [4.78, 5) is 30.7.